The molecule has 1 fully saturated rings. The van der Waals surface area contributed by atoms with Crippen LogP contribution in [0.25, 0.3) is 0 Å². The Morgan fingerprint density at radius 3 is 2.69 bits per heavy atom. The summed E-state index contributed by atoms with van der Waals surface area (Å²) in [5.74, 6) is 1.03. The van der Waals surface area contributed by atoms with Gasteiger partial charge in [-0.1, -0.05) is 13.0 Å². The van der Waals surface area contributed by atoms with Gasteiger partial charge in [-0.3, -0.25) is 0 Å². The quantitative estimate of drug-likeness (QED) is 0.844. The average Bonchev–Trinajstić information content (AvgIpc) is 2.31. The van der Waals surface area contributed by atoms with Crippen molar-refractivity contribution in [3.63, 3.8) is 0 Å². The third-order valence-corrected chi connectivity index (χ3v) is 3.28. The van der Waals surface area contributed by atoms with Gasteiger partial charge in [0, 0.05) is 0 Å². The van der Waals surface area contributed by atoms with Crippen LogP contribution in [0.3, 0.4) is 0 Å². The molecule has 0 unspecified atom stereocenters. The molecule has 0 aromatic heterocycles. The van der Waals surface area contributed by atoms with Crippen LogP contribution in [0.15, 0.2) is 18.2 Å². The fourth-order valence-corrected chi connectivity index (χ4v) is 2.24. The zero-order valence-corrected chi connectivity index (χ0v) is 10.3. The number of benzene rings is 1. The standard InChI is InChI=1S/C14H21NO/c1-3-12-4-5-14(10-11(12)2)16-13-6-8-15-9-7-13/h4-5,10,13,15H,3,6-9H2,1-2H3. The lowest BCUT2D eigenvalue weighted by molar-refractivity contribution is 0.162. The van der Waals surface area contributed by atoms with E-state index in [2.05, 4.69) is 37.4 Å². The molecule has 0 radical (unpaired) electrons. The van der Waals surface area contributed by atoms with Gasteiger partial charge in [0.2, 0.25) is 0 Å². The van der Waals surface area contributed by atoms with E-state index in [4.69, 9.17) is 4.74 Å². The molecule has 0 atom stereocenters. The monoisotopic (exact) mass is 219 g/mol. The molecule has 1 aliphatic rings. The van der Waals surface area contributed by atoms with Crippen molar-refractivity contribution in [2.45, 2.75) is 39.2 Å². The molecule has 1 aromatic rings. The Morgan fingerprint density at radius 2 is 2.06 bits per heavy atom. The van der Waals surface area contributed by atoms with Crippen LogP contribution in [0.2, 0.25) is 0 Å². The Kier molecular flexibility index (Phi) is 3.83. The van der Waals surface area contributed by atoms with Crippen LogP contribution in [-0.2, 0) is 6.42 Å². The first kappa shape index (κ1) is 11.5. The van der Waals surface area contributed by atoms with Crippen molar-refractivity contribution in [1.82, 2.24) is 5.32 Å². The second kappa shape index (κ2) is 5.35. The number of rotatable bonds is 3. The Bertz CT molecular complexity index is 343. The van der Waals surface area contributed by atoms with Gasteiger partial charge in [-0.05, 0) is 62.5 Å². The maximum absolute atomic E-state index is 6.00. The van der Waals surface area contributed by atoms with Gasteiger partial charge in [-0.15, -0.1) is 0 Å². The summed E-state index contributed by atoms with van der Waals surface area (Å²) in [6.45, 7) is 6.51. The van der Waals surface area contributed by atoms with Crippen molar-refractivity contribution >= 4 is 0 Å². The zero-order valence-electron chi connectivity index (χ0n) is 10.3. The highest BCUT2D eigenvalue weighted by molar-refractivity contribution is 5.34. The highest BCUT2D eigenvalue weighted by Gasteiger charge is 2.14. The van der Waals surface area contributed by atoms with Crippen molar-refractivity contribution in [2.75, 3.05) is 13.1 Å². The third kappa shape index (κ3) is 2.76. The first-order valence-corrected chi connectivity index (χ1v) is 6.26. The highest BCUT2D eigenvalue weighted by Crippen LogP contribution is 2.20. The molecule has 0 saturated carbocycles. The number of hydrogen-bond acceptors (Lipinski definition) is 2. The largest absolute Gasteiger partial charge is 0.490 e. The minimum absolute atomic E-state index is 0.396. The van der Waals surface area contributed by atoms with Crippen LogP contribution in [0.1, 0.15) is 30.9 Å². The van der Waals surface area contributed by atoms with Crippen molar-refractivity contribution in [3.05, 3.63) is 29.3 Å². The van der Waals surface area contributed by atoms with Crippen molar-refractivity contribution in [3.8, 4) is 5.75 Å². The van der Waals surface area contributed by atoms with Gasteiger partial charge < -0.3 is 10.1 Å². The molecular weight excluding hydrogens is 198 g/mol. The molecule has 1 saturated heterocycles. The Hall–Kier alpha value is -1.02. The second-order valence-electron chi connectivity index (χ2n) is 4.51. The van der Waals surface area contributed by atoms with Gasteiger partial charge in [-0.2, -0.15) is 0 Å². The predicted molar refractivity (Wildman–Crippen MR) is 67.1 cm³/mol. The van der Waals surface area contributed by atoms with E-state index in [1.165, 1.54) is 11.1 Å². The smallest absolute Gasteiger partial charge is 0.120 e. The summed E-state index contributed by atoms with van der Waals surface area (Å²) in [5, 5.41) is 3.35. The summed E-state index contributed by atoms with van der Waals surface area (Å²) < 4.78 is 6.00. The van der Waals surface area contributed by atoms with Crippen molar-refractivity contribution in [2.24, 2.45) is 0 Å². The van der Waals surface area contributed by atoms with Crippen LogP contribution in [0.4, 0.5) is 0 Å². The SMILES string of the molecule is CCc1ccc(OC2CCNCC2)cc1C. The molecule has 1 heterocycles. The number of hydrogen-bond donors (Lipinski definition) is 1. The number of aryl methyl sites for hydroxylation is 2. The molecule has 0 spiro atoms. The summed E-state index contributed by atoms with van der Waals surface area (Å²) in [6, 6.07) is 6.46. The van der Waals surface area contributed by atoms with Gasteiger partial charge in [-0.25, -0.2) is 0 Å². The molecular formula is C14H21NO. The number of piperidine rings is 1. The second-order valence-corrected chi connectivity index (χ2v) is 4.51. The molecule has 1 N–H and O–H groups in total. The van der Waals surface area contributed by atoms with E-state index in [-0.39, 0.29) is 0 Å². The summed E-state index contributed by atoms with van der Waals surface area (Å²) in [5.41, 5.74) is 2.76. The fraction of sp³-hybridized carbons (Fsp3) is 0.571. The molecule has 0 bridgehead atoms. The Balaban J connectivity index is 2.01. The first-order valence-electron chi connectivity index (χ1n) is 6.26. The van der Waals surface area contributed by atoms with E-state index < -0.39 is 0 Å². The van der Waals surface area contributed by atoms with E-state index in [0.29, 0.717) is 6.10 Å². The first-order chi connectivity index (χ1) is 7.79. The van der Waals surface area contributed by atoms with Crippen LogP contribution in [-0.4, -0.2) is 19.2 Å². The number of nitrogens with one attached hydrogen (secondary N) is 1. The molecule has 2 rings (SSSR count). The van der Waals surface area contributed by atoms with Crippen LogP contribution >= 0.6 is 0 Å². The maximum Gasteiger partial charge on any atom is 0.120 e. The lowest BCUT2D eigenvalue weighted by Gasteiger charge is -2.24. The average molecular weight is 219 g/mol. The normalized spacial score (nSPS) is 17.4. The zero-order chi connectivity index (χ0) is 11.4. The lowest BCUT2D eigenvalue weighted by atomic mass is 10.1. The number of ether oxygens (including phenoxy) is 1. The molecule has 0 aliphatic carbocycles. The van der Waals surface area contributed by atoms with Gasteiger partial charge >= 0.3 is 0 Å². The van der Waals surface area contributed by atoms with Crippen molar-refractivity contribution in [1.29, 1.82) is 0 Å². The topological polar surface area (TPSA) is 21.3 Å². The van der Waals surface area contributed by atoms with Crippen LogP contribution in [0.5, 0.6) is 5.75 Å². The van der Waals surface area contributed by atoms with Crippen LogP contribution in [0, 0.1) is 6.92 Å². The van der Waals surface area contributed by atoms with Gasteiger partial charge in [0.1, 0.15) is 11.9 Å². The minimum atomic E-state index is 0.396. The molecule has 88 valence electrons. The van der Waals surface area contributed by atoms with E-state index in [1.54, 1.807) is 0 Å². The molecule has 2 heteroatoms. The minimum Gasteiger partial charge on any atom is -0.490 e. The van der Waals surface area contributed by atoms with Gasteiger partial charge in [0.05, 0.1) is 0 Å². The Morgan fingerprint density at radius 1 is 1.31 bits per heavy atom. The maximum atomic E-state index is 6.00. The van der Waals surface area contributed by atoms with E-state index in [9.17, 15) is 0 Å². The summed E-state index contributed by atoms with van der Waals surface area (Å²) >= 11 is 0. The highest BCUT2D eigenvalue weighted by atomic mass is 16.5. The summed E-state index contributed by atoms with van der Waals surface area (Å²) in [6.07, 6.45) is 3.73. The van der Waals surface area contributed by atoms with E-state index in [0.717, 1.165) is 38.1 Å². The third-order valence-electron chi connectivity index (χ3n) is 3.28. The summed E-state index contributed by atoms with van der Waals surface area (Å²) in [4.78, 5) is 0. The van der Waals surface area contributed by atoms with E-state index in [1.807, 2.05) is 0 Å². The fourth-order valence-electron chi connectivity index (χ4n) is 2.24. The van der Waals surface area contributed by atoms with Gasteiger partial charge in [0.25, 0.3) is 0 Å². The molecule has 1 aromatic carbocycles. The molecule has 2 nitrogen and oxygen atoms in total. The predicted octanol–water partition coefficient (Wildman–Crippen LogP) is 2.69. The summed E-state index contributed by atoms with van der Waals surface area (Å²) in [7, 11) is 0. The molecule has 0 amide bonds. The Labute approximate surface area is 98.0 Å². The van der Waals surface area contributed by atoms with Crippen molar-refractivity contribution < 1.29 is 4.74 Å². The van der Waals surface area contributed by atoms with E-state index >= 15 is 0 Å². The molecule has 1 aliphatic heterocycles. The lowest BCUT2D eigenvalue weighted by Crippen LogP contribution is -2.34. The van der Waals surface area contributed by atoms with Gasteiger partial charge in [0.15, 0.2) is 0 Å². The molecule has 16 heavy (non-hydrogen) atoms. The van der Waals surface area contributed by atoms with Crippen LogP contribution < -0.4 is 10.1 Å².